The fourth-order valence-electron chi connectivity index (χ4n) is 1.92. The van der Waals surface area contributed by atoms with Crippen LogP contribution in [0.2, 0.25) is 0 Å². The molecule has 0 heterocycles. The summed E-state index contributed by atoms with van der Waals surface area (Å²) >= 11 is 0. The largest absolute Gasteiger partial charge is 0.497 e. The Labute approximate surface area is 130 Å². The van der Waals surface area contributed by atoms with E-state index in [0.29, 0.717) is 24.5 Å². The summed E-state index contributed by atoms with van der Waals surface area (Å²) < 4.78 is 16.3. The van der Waals surface area contributed by atoms with Crippen molar-refractivity contribution in [2.24, 2.45) is 0 Å². The molecule has 0 aliphatic rings. The van der Waals surface area contributed by atoms with Crippen LogP contribution in [0.1, 0.15) is 23.7 Å². The molecule has 0 aliphatic carbocycles. The van der Waals surface area contributed by atoms with E-state index in [9.17, 15) is 4.79 Å². The summed E-state index contributed by atoms with van der Waals surface area (Å²) in [5.41, 5.74) is 0.659. The molecule has 0 saturated carbocycles. The molecule has 0 spiro atoms. The van der Waals surface area contributed by atoms with Crippen molar-refractivity contribution in [3.8, 4) is 17.2 Å². The maximum atomic E-state index is 11.3. The van der Waals surface area contributed by atoms with Crippen LogP contribution in [0.4, 0.5) is 0 Å². The zero-order valence-electron chi connectivity index (χ0n) is 12.9. The van der Waals surface area contributed by atoms with Gasteiger partial charge in [-0.15, -0.1) is 0 Å². The predicted octanol–water partition coefficient (Wildman–Crippen LogP) is 3.75. The number of hydrogen-bond acceptors (Lipinski definition) is 4. The maximum Gasteiger partial charge on any atom is 0.159 e. The SMILES string of the molecule is COc1ccc(OCCCOc2cccc(C(C)=O)c2)cc1. The number of methoxy groups -OCH3 is 1. The molecule has 0 bridgehead atoms. The highest BCUT2D eigenvalue weighted by Gasteiger charge is 2.01. The quantitative estimate of drug-likeness (QED) is 0.550. The Morgan fingerprint density at radius 3 is 2.18 bits per heavy atom. The summed E-state index contributed by atoms with van der Waals surface area (Å²) in [6.07, 6.45) is 0.760. The first-order valence-electron chi connectivity index (χ1n) is 7.19. The number of carbonyl (C=O) groups excluding carboxylic acids is 1. The van der Waals surface area contributed by atoms with E-state index in [2.05, 4.69) is 0 Å². The standard InChI is InChI=1S/C18H20O4/c1-14(19)15-5-3-6-18(13-15)22-12-4-11-21-17-9-7-16(20-2)8-10-17/h3,5-10,13H,4,11-12H2,1-2H3. The van der Waals surface area contributed by atoms with Gasteiger partial charge in [-0.3, -0.25) is 4.79 Å². The Morgan fingerprint density at radius 2 is 1.55 bits per heavy atom. The van der Waals surface area contributed by atoms with Crippen molar-refractivity contribution in [1.29, 1.82) is 0 Å². The number of rotatable bonds is 8. The third-order valence-electron chi connectivity index (χ3n) is 3.13. The summed E-state index contributed by atoms with van der Waals surface area (Å²) in [7, 11) is 1.63. The van der Waals surface area contributed by atoms with Crippen LogP contribution in [0, 0.1) is 0 Å². The van der Waals surface area contributed by atoms with Crippen molar-refractivity contribution < 1.29 is 19.0 Å². The van der Waals surface area contributed by atoms with Crippen LogP contribution in [0.25, 0.3) is 0 Å². The number of benzene rings is 2. The molecule has 0 saturated heterocycles. The molecule has 0 N–H and O–H groups in total. The third kappa shape index (κ3) is 4.81. The number of ether oxygens (including phenoxy) is 3. The van der Waals surface area contributed by atoms with Gasteiger partial charge in [0.05, 0.1) is 20.3 Å². The summed E-state index contributed by atoms with van der Waals surface area (Å²) in [5.74, 6) is 2.35. The summed E-state index contributed by atoms with van der Waals surface area (Å²) in [6.45, 7) is 2.65. The maximum absolute atomic E-state index is 11.3. The molecule has 0 radical (unpaired) electrons. The van der Waals surface area contributed by atoms with E-state index in [4.69, 9.17) is 14.2 Å². The zero-order valence-corrected chi connectivity index (χ0v) is 12.9. The summed E-state index contributed by atoms with van der Waals surface area (Å²) in [6, 6.07) is 14.7. The van der Waals surface area contributed by atoms with Gasteiger partial charge in [0.2, 0.25) is 0 Å². The minimum atomic E-state index is 0.0355. The van der Waals surface area contributed by atoms with Crippen LogP contribution < -0.4 is 14.2 Å². The molecule has 116 valence electrons. The Bertz CT molecular complexity index is 605. The van der Waals surface area contributed by atoms with E-state index in [0.717, 1.165) is 17.9 Å². The fraction of sp³-hybridized carbons (Fsp3) is 0.278. The lowest BCUT2D eigenvalue weighted by molar-refractivity contribution is 0.101. The van der Waals surface area contributed by atoms with Gasteiger partial charge in [0.15, 0.2) is 5.78 Å². The Kier molecular flexibility index (Phi) is 5.83. The van der Waals surface area contributed by atoms with Gasteiger partial charge in [-0.25, -0.2) is 0 Å². The lowest BCUT2D eigenvalue weighted by atomic mass is 10.1. The third-order valence-corrected chi connectivity index (χ3v) is 3.13. The number of hydrogen-bond donors (Lipinski definition) is 0. The normalized spacial score (nSPS) is 10.1. The molecule has 4 heteroatoms. The van der Waals surface area contributed by atoms with Crippen LogP contribution in [0.5, 0.6) is 17.2 Å². The average molecular weight is 300 g/mol. The van der Waals surface area contributed by atoms with E-state index in [1.54, 1.807) is 26.2 Å². The second-order valence-corrected chi connectivity index (χ2v) is 4.81. The molecule has 2 rings (SSSR count). The van der Waals surface area contributed by atoms with E-state index >= 15 is 0 Å². The summed E-state index contributed by atoms with van der Waals surface area (Å²) in [4.78, 5) is 11.3. The van der Waals surface area contributed by atoms with Gasteiger partial charge in [0.1, 0.15) is 17.2 Å². The predicted molar refractivity (Wildman–Crippen MR) is 85.0 cm³/mol. The Morgan fingerprint density at radius 1 is 0.909 bits per heavy atom. The molecule has 0 aliphatic heterocycles. The highest BCUT2D eigenvalue weighted by atomic mass is 16.5. The molecular weight excluding hydrogens is 280 g/mol. The van der Waals surface area contributed by atoms with Crippen LogP contribution in [-0.2, 0) is 0 Å². The molecule has 0 aromatic heterocycles. The first-order chi connectivity index (χ1) is 10.7. The van der Waals surface area contributed by atoms with Gasteiger partial charge in [-0.05, 0) is 43.3 Å². The number of ketones is 1. The molecule has 22 heavy (non-hydrogen) atoms. The minimum absolute atomic E-state index is 0.0355. The van der Waals surface area contributed by atoms with Gasteiger partial charge in [0, 0.05) is 12.0 Å². The molecule has 2 aromatic rings. The number of carbonyl (C=O) groups is 1. The van der Waals surface area contributed by atoms with Crippen LogP contribution in [0.3, 0.4) is 0 Å². The second-order valence-electron chi connectivity index (χ2n) is 4.81. The lowest BCUT2D eigenvalue weighted by Crippen LogP contribution is -2.05. The van der Waals surface area contributed by atoms with Crippen molar-refractivity contribution in [3.05, 3.63) is 54.1 Å². The molecule has 0 amide bonds. The minimum Gasteiger partial charge on any atom is -0.497 e. The van der Waals surface area contributed by atoms with E-state index in [1.807, 2.05) is 36.4 Å². The molecule has 0 unspecified atom stereocenters. The number of Topliss-reactive ketones (excluding diaryl/α,β-unsaturated/α-hetero) is 1. The van der Waals surface area contributed by atoms with E-state index in [1.165, 1.54) is 0 Å². The van der Waals surface area contributed by atoms with Crippen LogP contribution in [-0.4, -0.2) is 26.1 Å². The fourth-order valence-corrected chi connectivity index (χ4v) is 1.92. The van der Waals surface area contributed by atoms with Crippen molar-refractivity contribution in [2.45, 2.75) is 13.3 Å². The van der Waals surface area contributed by atoms with Gasteiger partial charge in [-0.1, -0.05) is 12.1 Å². The zero-order chi connectivity index (χ0) is 15.8. The molecule has 0 atom stereocenters. The van der Waals surface area contributed by atoms with Gasteiger partial charge >= 0.3 is 0 Å². The first-order valence-corrected chi connectivity index (χ1v) is 7.19. The highest BCUT2D eigenvalue weighted by molar-refractivity contribution is 5.94. The average Bonchev–Trinajstić information content (AvgIpc) is 2.55. The Balaban J connectivity index is 1.70. The monoisotopic (exact) mass is 300 g/mol. The van der Waals surface area contributed by atoms with E-state index < -0.39 is 0 Å². The second kappa shape index (κ2) is 8.08. The van der Waals surface area contributed by atoms with Crippen molar-refractivity contribution in [3.63, 3.8) is 0 Å². The van der Waals surface area contributed by atoms with Crippen LogP contribution >= 0.6 is 0 Å². The van der Waals surface area contributed by atoms with Crippen molar-refractivity contribution in [2.75, 3.05) is 20.3 Å². The molecule has 2 aromatic carbocycles. The van der Waals surface area contributed by atoms with Crippen LogP contribution in [0.15, 0.2) is 48.5 Å². The van der Waals surface area contributed by atoms with E-state index in [-0.39, 0.29) is 5.78 Å². The molecular formula is C18H20O4. The Hall–Kier alpha value is -2.49. The van der Waals surface area contributed by atoms with Crippen molar-refractivity contribution >= 4 is 5.78 Å². The molecule has 0 fully saturated rings. The smallest absolute Gasteiger partial charge is 0.159 e. The van der Waals surface area contributed by atoms with Gasteiger partial charge in [-0.2, -0.15) is 0 Å². The summed E-state index contributed by atoms with van der Waals surface area (Å²) in [5, 5.41) is 0. The highest BCUT2D eigenvalue weighted by Crippen LogP contribution is 2.17. The lowest BCUT2D eigenvalue weighted by Gasteiger charge is -2.09. The topological polar surface area (TPSA) is 44.8 Å². The van der Waals surface area contributed by atoms with Crippen molar-refractivity contribution in [1.82, 2.24) is 0 Å². The molecule has 4 nitrogen and oxygen atoms in total. The van der Waals surface area contributed by atoms with Gasteiger partial charge in [0.25, 0.3) is 0 Å². The first kappa shape index (κ1) is 15.9. The van der Waals surface area contributed by atoms with Gasteiger partial charge < -0.3 is 14.2 Å².